The van der Waals surface area contributed by atoms with Crippen LogP contribution in [0.2, 0.25) is 0 Å². The highest BCUT2D eigenvalue weighted by Gasteiger charge is 2.09. The molecule has 3 aromatic rings. The van der Waals surface area contributed by atoms with Crippen LogP contribution in [0, 0.1) is 3.57 Å². The van der Waals surface area contributed by atoms with E-state index in [9.17, 15) is 9.90 Å². The molecule has 0 radical (unpaired) electrons. The number of aromatic hydroxyl groups is 1. The highest BCUT2D eigenvalue weighted by molar-refractivity contribution is 14.1. The van der Waals surface area contributed by atoms with Crippen molar-refractivity contribution in [3.63, 3.8) is 0 Å². The molecule has 0 unspecified atom stereocenters. The third kappa shape index (κ3) is 2.85. The molecule has 4 heteroatoms. The molecule has 0 aliphatic heterocycles. The number of halogens is 1. The van der Waals surface area contributed by atoms with Crippen LogP contribution in [-0.4, -0.2) is 11.0 Å². The van der Waals surface area contributed by atoms with Gasteiger partial charge in [-0.1, -0.05) is 30.3 Å². The van der Waals surface area contributed by atoms with Gasteiger partial charge in [0.25, 0.3) is 5.91 Å². The highest BCUT2D eigenvalue weighted by atomic mass is 127. The van der Waals surface area contributed by atoms with Gasteiger partial charge < -0.3 is 10.4 Å². The average Bonchev–Trinajstić information content (AvgIpc) is 2.48. The van der Waals surface area contributed by atoms with E-state index in [2.05, 4.69) is 27.9 Å². The fourth-order valence-corrected chi connectivity index (χ4v) is 2.77. The first-order chi connectivity index (χ1) is 10.1. The second-order valence-corrected chi connectivity index (χ2v) is 5.89. The Labute approximate surface area is 135 Å². The maximum absolute atomic E-state index is 12.3. The molecule has 0 aliphatic carbocycles. The lowest BCUT2D eigenvalue weighted by atomic mass is 10.1. The molecule has 1 amide bonds. The first-order valence-corrected chi connectivity index (χ1v) is 7.50. The molecule has 2 N–H and O–H groups in total. The van der Waals surface area contributed by atoms with Crippen LogP contribution in [0.25, 0.3) is 10.8 Å². The molecular formula is C17H12INO2. The van der Waals surface area contributed by atoms with E-state index in [4.69, 9.17) is 0 Å². The van der Waals surface area contributed by atoms with E-state index < -0.39 is 0 Å². The Bertz CT molecular complexity index is 830. The summed E-state index contributed by atoms with van der Waals surface area (Å²) in [4.78, 5) is 12.3. The summed E-state index contributed by atoms with van der Waals surface area (Å²) in [6.45, 7) is 0. The fourth-order valence-electron chi connectivity index (χ4n) is 2.23. The maximum atomic E-state index is 12.3. The number of carbonyl (C=O) groups is 1. The van der Waals surface area contributed by atoms with E-state index in [1.165, 1.54) is 0 Å². The molecular weight excluding hydrogens is 377 g/mol. The minimum Gasteiger partial charge on any atom is -0.507 e. The summed E-state index contributed by atoms with van der Waals surface area (Å²) in [5.41, 5.74) is 1.30. The van der Waals surface area contributed by atoms with Crippen LogP contribution in [0.3, 0.4) is 0 Å². The van der Waals surface area contributed by atoms with Gasteiger partial charge in [-0.05, 0) is 52.9 Å². The zero-order valence-electron chi connectivity index (χ0n) is 11.0. The van der Waals surface area contributed by atoms with Crippen molar-refractivity contribution in [2.45, 2.75) is 0 Å². The summed E-state index contributed by atoms with van der Waals surface area (Å²) in [6, 6.07) is 18.1. The summed E-state index contributed by atoms with van der Waals surface area (Å²) >= 11 is 2.18. The van der Waals surface area contributed by atoms with Crippen molar-refractivity contribution in [1.29, 1.82) is 0 Å². The second-order valence-electron chi connectivity index (χ2n) is 4.64. The van der Waals surface area contributed by atoms with Crippen molar-refractivity contribution < 1.29 is 9.90 Å². The van der Waals surface area contributed by atoms with Crippen LogP contribution in [-0.2, 0) is 0 Å². The van der Waals surface area contributed by atoms with Gasteiger partial charge in [-0.25, -0.2) is 0 Å². The molecule has 0 fully saturated rings. The molecule has 0 heterocycles. The van der Waals surface area contributed by atoms with Gasteiger partial charge >= 0.3 is 0 Å². The highest BCUT2D eigenvalue weighted by Crippen LogP contribution is 2.30. The van der Waals surface area contributed by atoms with E-state index in [0.717, 1.165) is 14.3 Å². The quantitative estimate of drug-likeness (QED) is 0.639. The number of phenolic OH excluding ortho intramolecular Hbond substituents is 1. The summed E-state index contributed by atoms with van der Waals surface area (Å²) in [7, 11) is 0. The minimum atomic E-state index is -0.163. The van der Waals surface area contributed by atoms with E-state index >= 15 is 0 Å². The average molecular weight is 389 g/mol. The Morgan fingerprint density at radius 1 is 0.952 bits per heavy atom. The Morgan fingerprint density at radius 2 is 1.67 bits per heavy atom. The molecule has 0 bridgehead atoms. The molecule has 0 aromatic heterocycles. The zero-order chi connectivity index (χ0) is 14.8. The summed E-state index contributed by atoms with van der Waals surface area (Å²) in [5, 5.41) is 14.3. The monoisotopic (exact) mass is 389 g/mol. The number of phenols is 1. The lowest BCUT2D eigenvalue weighted by Gasteiger charge is -2.10. The largest absolute Gasteiger partial charge is 0.507 e. The predicted octanol–water partition coefficient (Wildman–Crippen LogP) is 4.40. The first-order valence-electron chi connectivity index (χ1n) is 6.43. The summed E-state index contributed by atoms with van der Waals surface area (Å²) in [5.74, 6) is 0.0437. The predicted molar refractivity (Wildman–Crippen MR) is 92.7 cm³/mol. The number of amides is 1. The molecule has 0 aliphatic rings. The smallest absolute Gasteiger partial charge is 0.255 e. The van der Waals surface area contributed by atoms with Crippen LogP contribution in [0.5, 0.6) is 5.75 Å². The number of nitrogens with one attached hydrogen (secondary N) is 1. The third-order valence-electron chi connectivity index (χ3n) is 3.23. The van der Waals surface area contributed by atoms with Crippen molar-refractivity contribution in [3.8, 4) is 5.75 Å². The van der Waals surface area contributed by atoms with Gasteiger partial charge in [0.15, 0.2) is 0 Å². The van der Waals surface area contributed by atoms with E-state index in [-0.39, 0.29) is 11.7 Å². The number of anilines is 1. The number of hydrogen-bond acceptors (Lipinski definition) is 2. The molecule has 0 atom stereocenters. The molecule has 3 rings (SSSR count). The van der Waals surface area contributed by atoms with Crippen LogP contribution < -0.4 is 5.32 Å². The van der Waals surface area contributed by atoms with Gasteiger partial charge in [-0.2, -0.15) is 0 Å². The molecule has 3 nitrogen and oxygen atoms in total. The van der Waals surface area contributed by atoms with Crippen molar-refractivity contribution in [3.05, 3.63) is 69.8 Å². The van der Waals surface area contributed by atoms with Crippen LogP contribution in [0.1, 0.15) is 10.4 Å². The van der Waals surface area contributed by atoms with E-state index in [1.54, 1.807) is 18.2 Å². The van der Waals surface area contributed by atoms with Crippen LogP contribution in [0.4, 0.5) is 5.69 Å². The number of benzene rings is 3. The van der Waals surface area contributed by atoms with E-state index in [0.29, 0.717) is 11.3 Å². The maximum Gasteiger partial charge on any atom is 0.255 e. The van der Waals surface area contributed by atoms with Crippen molar-refractivity contribution in [1.82, 2.24) is 0 Å². The second kappa shape index (κ2) is 5.73. The molecule has 21 heavy (non-hydrogen) atoms. The normalized spacial score (nSPS) is 10.5. The van der Waals surface area contributed by atoms with Crippen LogP contribution >= 0.6 is 22.6 Å². The lowest BCUT2D eigenvalue weighted by molar-refractivity contribution is 0.102. The van der Waals surface area contributed by atoms with Crippen molar-refractivity contribution in [2.75, 3.05) is 5.32 Å². The molecule has 3 aromatic carbocycles. The van der Waals surface area contributed by atoms with Gasteiger partial charge in [-0.3, -0.25) is 4.79 Å². The molecule has 104 valence electrons. The number of hydrogen-bond donors (Lipinski definition) is 2. The SMILES string of the molecule is O=C(Nc1cccc2c(O)cccc12)c1cccc(I)c1. The standard InChI is InChI=1S/C17H12INO2/c18-12-5-1-4-11(10-12)17(21)19-15-8-2-7-14-13(15)6-3-9-16(14)20/h1-10,20H,(H,19,21). The molecule has 0 spiro atoms. The summed E-state index contributed by atoms with van der Waals surface area (Å²) < 4.78 is 1.01. The van der Waals surface area contributed by atoms with E-state index in [1.807, 2.05) is 42.5 Å². The van der Waals surface area contributed by atoms with Gasteiger partial charge in [0.1, 0.15) is 5.75 Å². The van der Waals surface area contributed by atoms with Gasteiger partial charge in [0.2, 0.25) is 0 Å². The Hall–Kier alpha value is -2.08. The number of fused-ring (bicyclic) bond motifs is 1. The van der Waals surface area contributed by atoms with Crippen molar-refractivity contribution >= 4 is 45.0 Å². The molecule has 0 saturated heterocycles. The molecule has 0 saturated carbocycles. The zero-order valence-corrected chi connectivity index (χ0v) is 13.2. The fraction of sp³-hybridized carbons (Fsp3) is 0. The summed E-state index contributed by atoms with van der Waals surface area (Å²) in [6.07, 6.45) is 0. The number of rotatable bonds is 2. The van der Waals surface area contributed by atoms with Gasteiger partial charge in [-0.15, -0.1) is 0 Å². The minimum absolute atomic E-state index is 0.163. The van der Waals surface area contributed by atoms with Crippen LogP contribution in [0.15, 0.2) is 60.7 Å². The van der Waals surface area contributed by atoms with Crippen molar-refractivity contribution in [2.24, 2.45) is 0 Å². The van der Waals surface area contributed by atoms with Gasteiger partial charge in [0.05, 0.1) is 0 Å². The number of carbonyl (C=O) groups excluding carboxylic acids is 1. The Kier molecular flexibility index (Phi) is 3.79. The lowest BCUT2D eigenvalue weighted by Crippen LogP contribution is -2.12. The van der Waals surface area contributed by atoms with Gasteiger partial charge in [0, 0.05) is 25.6 Å². The Balaban J connectivity index is 1.99. The Morgan fingerprint density at radius 3 is 2.48 bits per heavy atom. The first kappa shape index (κ1) is 13.9. The third-order valence-corrected chi connectivity index (χ3v) is 3.91. The topological polar surface area (TPSA) is 49.3 Å².